The Morgan fingerprint density at radius 2 is 0.828 bits per heavy atom. The van der Waals surface area contributed by atoms with Gasteiger partial charge in [0.05, 0.1) is 22.8 Å². The molecule has 0 aliphatic rings. The zero-order valence-corrected chi connectivity index (χ0v) is 31.2. The molecule has 0 aliphatic heterocycles. The van der Waals surface area contributed by atoms with Crippen molar-refractivity contribution in [2.45, 2.75) is 0 Å². The Morgan fingerprint density at radius 3 is 1.52 bits per heavy atom. The van der Waals surface area contributed by atoms with Gasteiger partial charge in [-0.3, -0.25) is 0 Å². The smallest absolute Gasteiger partial charge is 0.164 e. The van der Waals surface area contributed by atoms with Gasteiger partial charge in [-0.2, -0.15) is 5.26 Å². The van der Waals surface area contributed by atoms with Crippen LogP contribution in [0.2, 0.25) is 0 Å². The highest BCUT2D eigenvalue weighted by Gasteiger charge is 2.19. The molecule has 0 unspecified atom stereocenters. The lowest BCUT2D eigenvalue weighted by Gasteiger charge is -2.16. The minimum Gasteiger partial charge on any atom is -0.228 e. The molecule has 0 saturated carbocycles. The van der Waals surface area contributed by atoms with E-state index in [2.05, 4.69) is 72.8 Å². The molecule has 6 heteroatoms. The number of para-hydroxylation sites is 1. The standard InChI is InChI=1S/C52H32N6/c53-33-38-30-31-43(41-24-9-7-23-40(38)41)42-25-10-12-27-45(42)52-54-47-29-14-13-28-46(47)48(55-52)44-26-11-8-22-39(44)36-20-15-21-37(32-36)51-57-49(34-16-3-1-4-17-34)56-50(58-51)35-18-5-2-6-19-35/h1-32H. The molecule has 2 aromatic heterocycles. The fraction of sp³-hybridized carbons (Fsp3) is 0. The second-order valence-electron chi connectivity index (χ2n) is 13.9. The molecule has 10 aromatic rings. The lowest BCUT2D eigenvalue weighted by atomic mass is 9.92. The first kappa shape index (κ1) is 34.4. The van der Waals surface area contributed by atoms with E-state index in [9.17, 15) is 5.26 Å². The third-order valence-corrected chi connectivity index (χ3v) is 10.4. The summed E-state index contributed by atoms with van der Waals surface area (Å²) in [7, 11) is 0. The second kappa shape index (κ2) is 14.8. The van der Waals surface area contributed by atoms with Gasteiger partial charge in [-0.25, -0.2) is 24.9 Å². The number of aromatic nitrogens is 5. The summed E-state index contributed by atoms with van der Waals surface area (Å²) in [6.45, 7) is 0. The van der Waals surface area contributed by atoms with Crippen LogP contribution in [0.4, 0.5) is 0 Å². The number of fused-ring (bicyclic) bond motifs is 2. The second-order valence-corrected chi connectivity index (χ2v) is 13.9. The maximum atomic E-state index is 9.88. The first-order chi connectivity index (χ1) is 28.7. The molecule has 0 saturated heterocycles. The fourth-order valence-corrected chi connectivity index (χ4v) is 7.65. The molecule has 0 bridgehead atoms. The van der Waals surface area contributed by atoms with Crippen molar-refractivity contribution in [3.63, 3.8) is 0 Å². The van der Waals surface area contributed by atoms with Crippen LogP contribution in [0.5, 0.6) is 0 Å². The topological polar surface area (TPSA) is 88.2 Å². The molecule has 0 spiro atoms. The van der Waals surface area contributed by atoms with E-state index in [1.54, 1.807) is 0 Å². The zero-order valence-electron chi connectivity index (χ0n) is 31.2. The Balaban J connectivity index is 1.12. The number of rotatable bonds is 7. The van der Waals surface area contributed by atoms with E-state index >= 15 is 0 Å². The molecular weight excluding hydrogens is 709 g/mol. The third-order valence-electron chi connectivity index (χ3n) is 10.4. The summed E-state index contributed by atoms with van der Waals surface area (Å²) in [5.74, 6) is 2.44. The Labute approximate surface area is 335 Å². The number of hydrogen-bond acceptors (Lipinski definition) is 6. The normalized spacial score (nSPS) is 11.1. The van der Waals surface area contributed by atoms with Crippen molar-refractivity contribution in [3.8, 4) is 85.1 Å². The van der Waals surface area contributed by atoms with Gasteiger partial charge in [-0.15, -0.1) is 0 Å². The fourth-order valence-electron chi connectivity index (χ4n) is 7.65. The van der Waals surface area contributed by atoms with Crippen LogP contribution in [0.1, 0.15) is 5.56 Å². The maximum Gasteiger partial charge on any atom is 0.164 e. The average Bonchev–Trinajstić information content (AvgIpc) is 3.31. The van der Waals surface area contributed by atoms with Crippen LogP contribution in [-0.2, 0) is 0 Å². The summed E-state index contributed by atoms with van der Waals surface area (Å²) in [5.41, 5.74) is 11.0. The van der Waals surface area contributed by atoms with Crippen molar-refractivity contribution in [2.24, 2.45) is 0 Å². The Hall–Kier alpha value is -8.14. The lowest BCUT2D eigenvalue weighted by Crippen LogP contribution is -2.00. The highest BCUT2D eigenvalue weighted by Crippen LogP contribution is 2.40. The van der Waals surface area contributed by atoms with E-state index in [0.29, 0.717) is 28.9 Å². The minimum atomic E-state index is 0.591. The highest BCUT2D eigenvalue weighted by molar-refractivity contribution is 6.03. The van der Waals surface area contributed by atoms with E-state index < -0.39 is 0 Å². The molecule has 0 fully saturated rings. The molecule has 0 N–H and O–H groups in total. The van der Waals surface area contributed by atoms with E-state index in [0.717, 1.165) is 77.4 Å². The summed E-state index contributed by atoms with van der Waals surface area (Å²) in [4.78, 5) is 25.5. The number of benzene rings is 8. The van der Waals surface area contributed by atoms with Crippen LogP contribution < -0.4 is 0 Å². The summed E-state index contributed by atoms with van der Waals surface area (Å²) in [6, 6.07) is 67.5. The molecule has 2 heterocycles. The quantitative estimate of drug-likeness (QED) is 0.162. The molecule has 10 rings (SSSR count). The van der Waals surface area contributed by atoms with Crippen LogP contribution in [0.3, 0.4) is 0 Å². The average molecular weight is 741 g/mol. The monoisotopic (exact) mass is 740 g/mol. The van der Waals surface area contributed by atoms with Crippen LogP contribution in [-0.4, -0.2) is 24.9 Å². The van der Waals surface area contributed by atoms with Gasteiger partial charge in [0.1, 0.15) is 0 Å². The van der Waals surface area contributed by atoms with Gasteiger partial charge in [0, 0.05) is 38.6 Å². The summed E-state index contributed by atoms with van der Waals surface area (Å²) >= 11 is 0. The molecule has 0 atom stereocenters. The van der Waals surface area contributed by atoms with Gasteiger partial charge in [0.2, 0.25) is 0 Å². The first-order valence-corrected chi connectivity index (χ1v) is 19.1. The van der Waals surface area contributed by atoms with Crippen molar-refractivity contribution in [1.29, 1.82) is 5.26 Å². The van der Waals surface area contributed by atoms with E-state index in [-0.39, 0.29) is 0 Å². The Kier molecular flexibility index (Phi) is 8.79. The number of nitriles is 1. The van der Waals surface area contributed by atoms with Crippen molar-refractivity contribution in [2.75, 3.05) is 0 Å². The number of hydrogen-bond donors (Lipinski definition) is 0. The van der Waals surface area contributed by atoms with E-state index in [1.165, 1.54) is 0 Å². The van der Waals surface area contributed by atoms with Gasteiger partial charge in [-0.1, -0.05) is 176 Å². The van der Waals surface area contributed by atoms with Crippen LogP contribution in [0.25, 0.3) is 101 Å². The molecule has 0 aliphatic carbocycles. The van der Waals surface area contributed by atoms with Crippen molar-refractivity contribution < 1.29 is 0 Å². The van der Waals surface area contributed by atoms with Gasteiger partial charge >= 0.3 is 0 Å². The van der Waals surface area contributed by atoms with Crippen LogP contribution in [0.15, 0.2) is 194 Å². The minimum absolute atomic E-state index is 0.591. The predicted molar refractivity (Wildman–Crippen MR) is 233 cm³/mol. The van der Waals surface area contributed by atoms with Crippen LogP contribution in [0, 0.1) is 11.3 Å². The summed E-state index contributed by atoms with van der Waals surface area (Å²) in [5, 5.41) is 12.7. The van der Waals surface area contributed by atoms with E-state index in [1.807, 2.05) is 127 Å². The third kappa shape index (κ3) is 6.33. The lowest BCUT2D eigenvalue weighted by molar-refractivity contribution is 1.07. The Morgan fingerprint density at radius 1 is 0.310 bits per heavy atom. The van der Waals surface area contributed by atoms with Gasteiger partial charge < -0.3 is 0 Å². The molecule has 8 aromatic carbocycles. The highest BCUT2D eigenvalue weighted by atomic mass is 15.0. The predicted octanol–water partition coefficient (Wildman–Crippen LogP) is 12.5. The number of nitrogens with zero attached hydrogens (tertiary/aromatic N) is 6. The van der Waals surface area contributed by atoms with Crippen molar-refractivity contribution in [3.05, 3.63) is 200 Å². The van der Waals surface area contributed by atoms with Crippen molar-refractivity contribution in [1.82, 2.24) is 24.9 Å². The molecule has 0 radical (unpaired) electrons. The van der Waals surface area contributed by atoms with E-state index in [4.69, 9.17) is 24.9 Å². The molecule has 58 heavy (non-hydrogen) atoms. The van der Waals surface area contributed by atoms with Gasteiger partial charge in [-0.05, 0) is 45.8 Å². The SMILES string of the molecule is N#Cc1ccc(-c2ccccc2-c2nc(-c3ccccc3-c3cccc(-c4nc(-c5ccccc5)nc(-c5ccccc5)n4)c3)c3ccccc3n2)c2ccccc12. The largest absolute Gasteiger partial charge is 0.228 e. The molecule has 0 amide bonds. The molecular formula is C52H32N6. The van der Waals surface area contributed by atoms with Gasteiger partial charge in [0.25, 0.3) is 0 Å². The van der Waals surface area contributed by atoms with Crippen molar-refractivity contribution >= 4 is 21.7 Å². The Bertz CT molecular complexity index is 3130. The first-order valence-electron chi connectivity index (χ1n) is 19.1. The molecule has 6 nitrogen and oxygen atoms in total. The maximum absolute atomic E-state index is 9.88. The summed E-state index contributed by atoms with van der Waals surface area (Å²) < 4.78 is 0. The summed E-state index contributed by atoms with van der Waals surface area (Å²) in [6.07, 6.45) is 0. The zero-order chi connectivity index (χ0) is 38.8. The van der Waals surface area contributed by atoms with Crippen LogP contribution >= 0.6 is 0 Å². The van der Waals surface area contributed by atoms with Gasteiger partial charge in [0.15, 0.2) is 23.3 Å². The molecule has 270 valence electrons.